The van der Waals surface area contributed by atoms with E-state index in [0.717, 1.165) is 18.4 Å². The van der Waals surface area contributed by atoms with Gasteiger partial charge in [0, 0.05) is 0 Å². The fourth-order valence-electron chi connectivity index (χ4n) is 3.09. The van der Waals surface area contributed by atoms with Crippen LogP contribution in [0.3, 0.4) is 0 Å². The first-order valence-electron chi connectivity index (χ1n) is 8.16. The number of rotatable bonds is 5. The molecule has 0 atom stereocenters. The van der Waals surface area contributed by atoms with Gasteiger partial charge in [0.1, 0.15) is 5.75 Å². The quantitative estimate of drug-likeness (QED) is 0.884. The van der Waals surface area contributed by atoms with Gasteiger partial charge in [0.25, 0.3) is 0 Å². The first-order valence-corrected chi connectivity index (χ1v) is 8.16. The van der Waals surface area contributed by atoms with Gasteiger partial charge in [0.2, 0.25) is 0 Å². The molecule has 0 amide bonds. The molecule has 1 aliphatic heterocycles. The topological polar surface area (TPSA) is 21.3 Å². The molecule has 1 aromatic carbocycles. The van der Waals surface area contributed by atoms with Crippen molar-refractivity contribution in [2.75, 3.05) is 19.7 Å². The Morgan fingerprint density at radius 1 is 1.05 bits per heavy atom. The summed E-state index contributed by atoms with van der Waals surface area (Å²) in [4.78, 5) is 0. The van der Waals surface area contributed by atoms with Crippen LogP contribution in [-0.4, -0.2) is 19.7 Å². The third kappa shape index (κ3) is 3.35. The molecule has 1 heterocycles. The van der Waals surface area contributed by atoms with E-state index in [1.807, 2.05) is 0 Å². The van der Waals surface area contributed by atoms with Crippen molar-refractivity contribution in [3.63, 3.8) is 0 Å². The van der Waals surface area contributed by atoms with Crippen LogP contribution in [0.25, 0.3) is 0 Å². The van der Waals surface area contributed by atoms with Crippen LogP contribution in [0.5, 0.6) is 5.75 Å². The first-order chi connectivity index (χ1) is 9.74. The maximum Gasteiger partial charge on any atom is 0.125 e. The zero-order valence-corrected chi connectivity index (χ0v) is 12.9. The minimum Gasteiger partial charge on any atom is -0.493 e. The average molecular weight is 273 g/mol. The number of hydrogen-bond donors (Lipinski definition) is 1. The molecule has 1 aliphatic carbocycles. The second-order valence-corrected chi connectivity index (χ2v) is 6.65. The molecule has 1 saturated carbocycles. The molecule has 1 saturated heterocycles. The van der Waals surface area contributed by atoms with E-state index < -0.39 is 0 Å². The fourth-order valence-corrected chi connectivity index (χ4v) is 3.09. The van der Waals surface area contributed by atoms with Crippen molar-refractivity contribution in [3.8, 4) is 5.75 Å². The summed E-state index contributed by atoms with van der Waals surface area (Å²) < 4.78 is 6.20. The predicted molar refractivity (Wildman–Crippen MR) is 83.4 cm³/mol. The second-order valence-electron chi connectivity index (χ2n) is 6.65. The average Bonchev–Trinajstić information content (AvgIpc) is 3.28. The van der Waals surface area contributed by atoms with Gasteiger partial charge in [0.05, 0.1) is 6.61 Å². The number of aryl methyl sites for hydroxylation is 1. The van der Waals surface area contributed by atoms with Crippen molar-refractivity contribution in [1.82, 2.24) is 5.32 Å². The maximum atomic E-state index is 6.20. The standard InChI is InChI=1S/C18H27NO/c1-13-3-6-17(11-15-7-9-19-10-8-15)18(14(13)2)20-12-16-4-5-16/h3,6,15-16,19H,4-5,7-12H2,1-2H3. The lowest BCUT2D eigenvalue weighted by atomic mass is 9.89. The highest BCUT2D eigenvalue weighted by molar-refractivity contribution is 5.45. The Kier molecular flexibility index (Phi) is 4.30. The third-order valence-electron chi connectivity index (χ3n) is 4.89. The van der Waals surface area contributed by atoms with Gasteiger partial charge in [-0.1, -0.05) is 12.1 Å². The molecule has 0 aromatic heterocycles. The van der Waals surface area contributed by atoms with Crippen molar-refractivity contribution in [1.29, 1.82) is 0 Å². The zero-order valence-electron chi connectivity index (χ0n) is 12.9. The molecular weight excluding hydrogens is 246 g/mol. The third-order valence-corrected chi connectivity index (χ3v) is 4.89. The summed E-state index contributed by atoms with van der Waals surface area (Å²) >= 11 is 0. The van der Waals surface area contributed by atoms with Crippen LogP contribution in [-0.2, 0) is 6.42 Å². The molecule has 2 aliphatic rings. The van der Waals surface area contributed by atoms with Crippen molar-refractivity contribution < 1.29 is 4.74 Å². The van der Waals surface area contributed by atoms with E-state index in [2.05, 4.69) is 31.3 Å². The summed E-state index contributed by atoms with van der Waals surface area (Å²) in [6.07, 6.45) is 6.50. The lowest BCUT2D eigenvalue weighted by Crippen LogP contribution is -2.28. The molecular formula is C18H27NO. The lowest BCUT2D eigenvalue weighted by molar-refractivity contribution is 0.290. The van der Waals surface area contributed by atoms with E-state index in [9.17, 15) is 0 Å². The lowest BCUT2D eigenvalue weighted by Gasteiger charge is -2.24. The van der Waals surface area contributed by atoms with Crippen molar-refractivity contribution in [2.45, 2.75) is 46.0 Å². The van der Waals surface area contributed by atoms with E-state index in [-0.39, 0.29) is 0 Å². The largest absolute Gasteiger partial charge is 0.493 e. The molecule has 110 valence electrons. The van der Waals surface area contributed by atoms with Gasteiger partial charge in [-0.15, -0.1) is 0 Å². The highest BCUT2D eigenvalue weighted by Crippen LogP contribution is 2.34. The van der Waals surface area contributed by atoms with Gasteiger partial charge < -0.3 is 10.1 Å². The first kappa shape index (κ1) is 13.9. The summed E-state index contributed by atoms with van der Waals surface area (Å²) in [5.74, 6) is 2.83. The molecule has 0 unspecified atom stereocenters. The molecule has 1 aromatic rings. The number of nitrogens with one attached hydrogen (secondary N) is 1. The highest BCUT2D eigenvalue weighted by Gasteiger charge is 2.23. The van der Waals surface area contributed by atoms with Crippen molar-refractivity contribution in [3.05, 3.63) is 28.8 Å². The van der Waals surface area contributed by atoms with Crippen molar-refractivity contribution in [2.24, 2.45) is 11.8 Å². The summed E-state index contributed by atoms with van der Waals surface area (Å²) in [5.41, 5.74) is 4.13. The minimum absolute atomic E-state index is 0.821. The van der Waals surface area contributed by atoms with Gasteiger partial charge >= 0.3 is 0 Å². The van der Waals surface area contributed by atoms with Crippen LogP contribution in [0.2, 0.25) is 0 Å². The molecule has 3 rings (SSSR count). The summed E-state index contributed by atoms with van der Waals surface area (Å²) in [7, 11) is 0. The Bertz CT molecular complexity index is 459. The molecule has 2 nitrogen and oxygen atoms in total. The van der Waals surface area contributed by atoms with E-state index >= 15 is 0 Å². The van der Waals surface area contributed by atoms with Crippen LogP contribution in [0.15, 0.2) is 12.1 Å². The number of benzene rings is 1. The molecule has 0 spiro atoms. The minimum atomic E-state index is 0.821. The normalized spacial score (nSPS) is 20.1. The highest BCUT2D eigenvalue weighted by atomic mass is 16.5. The molecule has 2 heteroatoms. The maximum absolute atomic E-state index is 6.20. The molecule has 0 bridgehead atoms. The van der Waals surface area contributed by atoms with E-state index in [0.29, 0.717) is 0 Å². The van der Waals surface area contributed by atoms with Gasteiger partial charge in [0.15, 0.2) is 0 Å². The van der Waals surface area contributed by atoms with Crippen LogP contribution < -0.4 is 10.1 Å². The smallest absolute Gasteiger partial charge is 0.125 e. The van der Waals surface area contributed by atoms with Gasteiger partial charge in [-0.25, -0.2) is 0 Å². The molecule has 0 radical (unpaired) electrons. The molecule has 2 fully saturated rings. The second kappa shape index (κ2) is 6.17. The SMILES string of the molecule is Cc1ccc(CC2CCNCC2)c(OCC2CC2)c1C. The number of piperidine rings is 1. The van der Waals surface area contributed by atoms with Gasteiger partial charge in [-0.05, 0) is 87.6 Å². The summed E-state index contributed by atoms with van der Waals surface area (Å²) in [5, 5.41) is 3.45. The van der Waals surface area contributed by atoms with Gasteiger partial charge in [-0.2, -0.15) is 0 Å². The Labute approximate surface area is 122 Å². The summed E-state index contributed by atoms with van der Waals surface area (Å²) in [6.45, 7) is 7.67. The zero-order chi connectivity index (χ0) is 13.9. The Morgan fingerprint density at radius 3 is 2.50 bits per heavy atom. The Hall–Kier alpha value is -1.02. The monoisotopic (exact) mass is 273 g/mol. The molecule has 20 heavy (non-hydrogen) atoms. The van der Waals surface area contributed by atoms with E-state index in [4.69, 9.17) is 4.74 Å². The Balaban J connectivity index is 1.74. The van der Waals surface area contributed by atoms with E-state index in [1.54, 1.807) is 0 Å². The van der Waals surface area contributed by atoms with Crippen LogP contribution in [0.4, 0.5) is 0 Å². The number of hydrogen-bond acceptors (Lipinski definition) is 2. The summed E-state index contributed by atoms with van der Waals surface area (Å²) in [6, 6.07) is 4.56. The van der Waals surface area contributed by atoms with Crippen LogP contribution >= 0.6 is 0 Å². The Morgan fingerprint density at radius 2 is 1.80 bits per heavy atom. The molecule has 1 N–H and O–H groups in total. The van der Waals surface area contributed by atoms with Crippen LogP contribution in [0.1, 0.15) is 42.4 Å². The van der Waals surface area contributed by atoms with Crippen molar-refractivity contribution >= 4 is 0 Å². The number of ether oxygens (including phenoxy) is 1. The predicted octanol–water partition coefficient (Wildman–Crippen LogP) is 3.63. The van der Waals surface area contributed by atoms with Gasteiger partial charge in [-0.3, -0.25) is 0 Å². The van der Waals surface area contributed by atoms with E-state index in [1.165, 1.54) is 67.6 Å². The fraction of sp³-hybridized carbons (Fsp3) is 0.667. The van der Waals surface area contributed by atoms with Crippen LogP contribution in [0, 0.1) is 25.7 Å².